The Kier molecular flexibility index (Phi) is 5.84. The molecule has 0 saturated carbocycles. The van der Waals surface area contributed by atoms with E-state index in [0.717, 1.165) is 27.5 Å². The molecule has 270 valence electrons. The third kappa shape index (κ3) is 3.75. The van der Waals surface area contributed by atoms with E-state index in [2.05, 4.69) is 202 Å². The van der Waals surface area contributed by atoms with Crippen LogP contribution in [0, 0.1) is 0 Å². The number of anilines is 2. The van der Waals surface area contributed by atoms with Crippen LogP contribution in [0.4, 0.5) is 11.4 Å². The standard InChI is InChI=1S/C54H33N3O/c1-2-14-32(15-3-1)55-43-24-8-4-16-33(43)37-20-12-21-38(51(37)55)35-28-30-46-52-49(35)41-18-5-9-25-44(41)56(52)47-31-29-36(50-42-19-6-10-26-45(42)57(46)53(47)50)40-23-13-22-39-34-17-7-11-27-48(34)58-54(39)40/h1-31,49,52H. The Morgan fingerprint density at radius 1 is 0.431 bits per heavy atom. The van der Waals surface area contributed by atoms with E-state index in [1.807, 2.05) is 0 Å². The molecule has 4 nitrogen and oxygen atoms in total. The largest absolute Gasteiger partial charge is 0.455 e. The average Bonchev–Trinajstić information content (AvgIpc) is 4.04. The second-order valence-corrected chi connectivity index (χ2v) is 15.9. The normalized spacial score (nSPS) is 16.8. The molecule has 3 aliphatic rings. The molecule has 0 spiro atoms. The van der Waals surface area contributed by atoms with Crippen LogP contribution in [0.15, 0.2) is 192 Å². The van der Waals surface area contributed by atoms with Crippen LogP contribution in [0.2, 0.25) is 0 Å². The maximum atomic E-state index is 6.66. The van der Waals surface area contributed by atoms with Crippen molar-refractivity contribution < 1.29 is 4.42 Å². The maximum Gasteiger partial charge on any atom is 0.143 e. The van der Waals surface area contributed by atoms with Crippen LogP contribution < -0.4 is 4.90 Å². The van der Waals surface area contributed by atoms with Gasteiger partial charge in [0.05, 0.1) is 33.8 Å². The number of allylic oxidation sites excluding steroid dienone is 2. The van der Waals surface area contributed by atoms with Crippen molar-refractivity contribution in [3.05, 3.63) is 199 Å². The lowest BCUT2D eigenvalue weighted by molar-refractivity contribution is 0.670. The van der Waals surface area contributed by atoms with Gasteiger partial charge in [-0.2, -0.15) is 0 Å². The predicted octanol–water partition coefficient (Wildman–Crippen LogP) is 14.0. The van der Waals surface area contributed by atoms with Crippen LogP contribution in [-0.4, -0.2) is 15.2 Å². The number of rotatable bonds is 3. The summed E-state index contributed by atoms with van der Waals surface area (Å²) in [5, 5.41) is 7.34. The molecule has 11 aromatic rings. The van der Waals surface area contributed by atoms with Crippen LogP contribution >= 0.6 is 0 Å². The SMILES string of the molecule is C1=C(c2cccc3c4ccccc4n(-c4ccccc4)c23)C2c3ccccc3N3c4ccc(-c5cccc6c5oc5ccccc56)c5c6ccccc6n(c45)C(=C1)C23. The highest BCUT2D eigenvalue weighted by Gasteiger charge is 2.49. The van der Waals surface area contributed by atoms with Gasteiger partial charge in [0.1, 0.15) is 11.2 Å². The molecular formula is C54H33N3O. The van der Waals surface area contributed by atoms with Crippen molar-refractivity contribution >= 4 is 88.2 Å². The van der Waals surface area contributed by atoms with Crippen LogP contribution in [0.1, 0.15) is 17.0 Å². The minimum atomic E-state index is 0.0679. The first-order chi connectivity index (χ1) is 28.8. The van der Waals surface area contributed by atoms with Gasteiger partial charge in [-0.25, -0.2) is 0 Å². The van der Waals surface area contributed by atoms with Gasteiger partial charge in [0, 0.05) is 66.4 Å². The predicted molar refractivity (Wildman–Crippen MR) is 240 cm³/mol. The monoisotopic (exact) mass is 739 g/mol. The van der Waals surface area contributed by atoms with Crippen LogP contribution in [0.3, 0.4) is 0 Å². The van der Waals surface area contributed by atoms with Gasteiger partial charge >= 0.3 is 0 Å². The zero-order valence-corrected chi connectivity index (χ0v) is 31.3. The summed E-state index contributed by atoms with van der Waals surface area (Å²) in [7, 11) is 0. The molecule has 3 aromatic heterocycles. The third-order valence-corrected chi connectivity index (χ3v) is 13.2. The average molecular weight is 740 g/mol. The highest BCUT2D eigenvalue weighted by molar-refractivity contribution is 6.24. The zero-order chi connectivity index (χ0) is 37.6. The Morgan fingerprint density at radius 2 is 1.12 bits per heavy atom. The zero-order valence-electron chi connectivity index (χ0n) is 31.3. The molecule has 0 amide bonds. The van der Waals surface area contributed by atoms with Gasteiger partial charge in [0.2, 0.25) is 0 Å². The Balaban J connectivity index is 1.07. The first kappa shape index (κ1) is 30.6. The Labute approximate surface area is 333 Å². The lowest BCUT2D eigenvalue weighted by Crippen LogP contribution is -2.38. The van der Waals surface area contributed by atoms with Crippen molar-refractivity contribution in [2.24, 2.45) is 0 Å². The Morgan fingerprint density at radius 3 is 2.00 bits per heavy atom. The van der Waals surface area contributed by atoms with Crippen molar-refractivity contribution in [2.45, 2.75) is 12.0 Å². The van der Waals surface area contributed by atoms with Crippen LogP contribution in [0.5, 0.6) is 0 Å². The van der Waals surface area contributed by atoms with Crippen molar-refractivity contribution in [3.8, 4) is 16.8 Å². The molecule has 58 heavy (non-hydrogen) atoms. The number of furan rings is 1. The van der Waals surface area contributed by atoms with E-state index in [1.165, 1.54) is 88.6 Å². The first-order valence-corrected chi connectivity index (χ1v) is 20.2. The molecule has 0 N–H and O–H groups in total. The van der Waals surface area contributed by atoms with Crippen LogP contribution in [0.25, 0.3) is 93.6 Å². The number of hydrogen-bond donors (Lipinski definition) is 0. The molecule has 8 aromatic carbocycles. The van der Waals surface area contributed by atoms with Crippen molar-refractivity contribution in [3.63, 3.8) is 0 Å². The quantitative estimate of drug-likeness (QED) is 0.180. The van der Waals surface area contributed by atoms with E-state index in [-0.39, 0.29) is 12.0 Å². The number of para-hydroxylation sites is 7. The number of hydrogen-bond acceptors (Lipinski definition) is 2. The molecule has 2 atom stereocenters. The van der Waals surface area contributed by atoms with Gasteiger partial charge in [-0.05, 0) is 65.2 Å². The Bertz CT molecular complexity index is 3650. The summed E-state index contributed by atoms with van der Waals surface area (Å²) in [5.74, 6) is 0.109. The lowest BCUT2D eigenvalue weighted by atomic mass is 9.78. The summed E-state index contributed by atoms with van der Waals surface area (Å²) in [6.07, 6.45) is 4.86. The summed E-state index contributed by atoms with van der Waals surface area (Å²) in [5.41, 5.74) is 18.1. The molecule has 14 rings (SSSR count). The van der Waals surface area contributed by atoms with E-state index in [9.17, 15) is 0 Å². The number of benzene rings is 8. The van der Waals surface area contributed by atoms with Gasteiger partial charge < -0.3 is 18.5 Å². The molecule has 2 aliphatic heterocycles. The van der Waals surface area contributed by atoms with E-state index >= 15 is 0 Å². The minimum Gasteiger partial charge on any atom is -0.455 e. The van der Waals surface area contributed by atoms with Crippen LogP contribution in [-0.2, 0) is 0 Å². The summed E-state index contributed by atoms with van der Waals surface area (Å²) >= 11 is 0. The van der Waals surface area contributed by atoms with Crippen molar-refractivity contribution in [2.75, 3.05) is 4.90 Å². The molecule has 1 aliphatic carbocycles. The third-order valence-electron chi connectivity index (χ3n) is 13.2. The fourth-order valence-corrected chi connectivity index (χ4v) is 11.0. The molecule has 2 unspecified atom stereocenters. The second-order valence-electron chi connectivity index (χ2n) is 15.9. The van der Waals surface area contributed by atoms with Gasteiger partial charge in [-0.15, -0.1) is 0 Å². The van der Waals surface area contributed by atoms with E-state index in [4.69, 9.17) is 4.42 Å². The number of nitrogens with zero attached hydrogens (tertiary/aromatic N) is 3. The smallest absolute Gasteiger partial charge is 0.143 e. The molecule has 0 saturated heterocycles. The first-order valence-electron chi connectivity index (χ1n) is 20.2. The van der Waals surface area contributed by atoms with Crippen molar-refractivity contribution in [1.82, 2.24) is 9.13 Å². The Hall–Kier alpha value is -7.56. The van der Waals surface area contributed by atoms with Gasteiger partial charge in [0.15, 0.2) is 0 Å². The summed E-state index contributed by atoms with van der Waals surface area (Å²) in [4.78, 5) is 2.65. The van der Waals surface area contributed by atoms with Gasteiger partial charge in [0.25, 0.3) is 0 Å². The molecule has 0 fully saturated rings. The fraction of sp³-hybridized carbons (Fsp3) is 0.0370. The maximum absolute atomic E-state index is 6.66. The molecule has 4 heteroatoms. The molecule has 5 heterocycles. The second kappa shape index (κ2) is 11.1. The topological polar surface area (TPSA) is 26.2 Å². The highest BCUT2D eigenvalue weighted by atomic mass is 16.3. The van der Waals surface area contributed by atoms with Gasteiger partial charge in [-0.1, -0.05) is 140 Å². The molecular weight excluding hydrogens is 707 g/mol. The minimum absolute atomic E-state index is 0.0679. The van der Waals surface area contributed by atoms with Gasteiger partial charge in [-0.3, -0.25) is 0 Å². The highest BCUT2D eigenvalue weighted by Crippen LogP contribution is 2.61. The van der Waals surface area contributed by atoms with E-state index in [1.54, 1.807) is 0 Å². The van der Waals surface area contributed by atoms with Crippen molar-refractivity contribution in [1.29, 1.82) is 0 Å². The summed E-state index contributed by atoms with van der Waals surface area (Å²) < 4.78 is 11.7. The molecule has 0 radical (unpaired) electrons. The number of aromatic nitrogens is 2. The van der Waals surface area contributed by atoms with E-state index in [0.29, 0.717) is 0 Å². The fourth-order valence-electron chi connectivity index (χ4n) is 11.0. The summed E-state index contributed by atoms with van der Waals surface area (Å²) in [6, 6.07) is 64.4. The molecule has 0 bridgehead atoms. The number of fused-ring (bicyclic) bond motifs is 14. The van der Waals surface area contributed by atoms with E-state index < -0.39 is 0 Å². The summed E-state index contributed by atoms with van der Waals surface area (Å²) in [6.45, 7) is 0. The lowest BCUT2D eigenvalue weighted by Gasteiger charge is -2.40.